The van der Waals surface area contributed by atoms with Gasteiger partial charge in [0.25, 0.3) is 0 Å². The van der Waals surface area contributed by atoms with E-state index in [1.807, 2.05) is 0 Å². The zero-order valence-electron chi connectivity index (χ0n) is 27.4. The van der Waals surface area contributed by atoms with Crippen LogP contribution in [-0.2, 0) is 42.9 Å². The van der Waals surface area contributed by atoms with E-state index in [0.29, 0.717) is 12.8 Å². The highest BCUT2D eigenvalue weighted by atomic mass is 16.6. The lowest BCUT2D eigenvalue weighted by molar-refractivity contribution is -0.172. The largest absolute Gasteiger partial charge is 0.462 e. The number of carbonyl (C=O) groups excluding carboxylic acids is 4. The topological polar surface area (TPSA) is 175 Å². The standard InChI is InChI=1S/C33H56O12/c1-4-5-6-7-8-9-10-11-12-13-14-15-16-17-18-26(33(40)45-29(20-34)32-31(39)28(37)23-43-32)19-30(38)42-22-27(44-25(3)36)21-41-24(2)35/h11-12,26-29,31-32,34,37,39H,4-10,13-23H2,1-3H3/b12-11-/t26?,27?,28-,29+,31+,32+/m0/s1. The second-order valence-corrected chi connectivity index (χ2v) is 11.7. The highest BCUT2D eigenvalue weighted by molar-refractivity contribution is 5.80. The van der Waals surface area contributed by atoms with Crippen molar-refractivity contribution in [2.75, 3.05) is 26.4 Å². The van der Waals surface area contributed by atoms with Gasteiger partial charge in [-0.25, -0.2) is 0 Å². The van der Waals surface area contributed by atoms with Crippen molar-refractivity contribution in [2.24, 2.45) is 5.92 Å². The number of hydrogen-bond donors (Lipinski definition) is 3. The number of allylic oxidation sites excluding steroid dienone is 2. The summed E-state index contributed by atoms with van der Waals surface area (Å²) in [6.07, 6.45) is 11.8. The van der Waals surface area contributed by atoms with Gasteiger partial charge >= 0.3 is 23.9 Å². The minimum atomic E-state index is -1.34. The summed E-state index contributed by atoms with van der Waals surface area (Å²) in [7, 11) is 0. The Bertz CT molecular complexity index is 876. The minimum Gasteiger partial charge on any atom is -0.462 e. The number of esters is 4. The third-order valence-electron chi connectivity index (χ3n) is 7.55. The van der Waals surface area contributed by atoms with Gasteiger partial charge in [0.05, 0.1) is 25.6 Å². The van der Waals surface area contributed by atoms with Gasteiger partial charge in [0.2, 0.25) is 0 Å². The zero-order valence-corrected chi connectivity index (χ0v) is 27.4. The van der Waals surface area contributed by atoms with E-state index in [4.69, 9.17) is 23.7 Å². The molecule has 1 fully saturated rings. The number of rotatable bonds is 25. The van der Waals surface area contributed by atoms with E-state index in [9.17, 15) is 34.5 Å². The molecule has 0 spiro atoms. The Labute approximate surface area is 267 Å². The van der Waals surface area contributed by atoms with E-state index >= 15 is 0 Å². The molecule has 0 amide bonds. The van der Waals surface area contributed by atoms with Gasteiger partial charge in [-0.15, -0.1) is 0 Å². The molecule has 0 radical (unpaired) electrons. The lowest BCUT2D eigenvalue weighted by atomic mass is 9.97. The van der Waals surface area contributed by atoms with E-state index in [1.54, 1.807) is 0 Å². The molecular weight excluding hydrogens is 588 g/mol. The van der Waals surface area contributed by atoms with Gasteiger partial charge in [0, 0.05) is 13.8 Å². The number of carbonyl (C=O) groups is 4. The van der Waals surface area contributed by atoms with Crippen molar-refractivity contribution < 1.29 is 58.2 Å². The van der Waals surface area contributed by atoms with Gasteiger partial charge in [-0.3, -0.25) is 19.2 Å². The van der Waals surface area contributed by atoms with Crippen LogP contribution in [0.15, 0.2) is 12.2 Å². The summed E-state index contributed by atoms with van der Waals surface area (Å²) in [5.41, 5.74) is 0. The minimum absolute atomic E-state index is 0.166. The predicted molar refractivity (Wildman–Crippen MR) is 165 cm³/mol. The molecule has 0 aromatic heterocycles. The molecule has 45 heavy (non-hydrogen) atoms. The van der Waals surface area contributed by atoms with Crippen LogP contribution in [-0.4, -0.2) is 96.1 Å². The Balaban J connectivity index is 2.61. The van der Waals surface area contributed by atoms with Crippen molar-refractivity contribution in [3.63, 3.8) is 0 Å². The first-order chi connectivity index (χ1) is 21.6. The molecule has 1 heterocycles. The molecular formula is C33H56O12. The van der Waals surface area contributed by atoms with Crippen molar-refractivity contribution in [1.29, 1.82) is 0 Å². The Kier molecular flexibility index (Phi) is 22.2. The molecule has 0 aromatic carbocycles. The molecule has 6 atom stereocenters. The maximum atomic E-state index is 13.1. The summed E-state index contributed by atoms with van der Waals surface area (Å²) in [6.45, 7) is 3.09. The molecule has 12 nitrogen and oxygen atoms in total. The van der Waals surface area contributed by atoms with Crippen LogP contribution < -0.4 is 0 Å². The van der Waals surface area contributed by atoms with Gasteiger partial charge < -0.3 is 39.0 Å². The summed E-state index contributed by atoms with van der Waals surface area (Å²) in [4.78, 5) is 48.4. The van der Waals surface area contributed by atoms with Crippen LogP contribution in [0.25, 0.3) is 0 Å². The SMILES string of the molecule is CCCCCCCC/C=C\CCCCCCC(CC(=O)OCC(COC(C)=O)OC(C)=O)C(=O)O[C@H](CO)[C@H]1OC[C@H](O)[C@H]1O. The second kappa shape index (κ2) is 24.7. The molecule has 0 aliphatic carbocycles. The number of aliphatic hydroxyl groups is 3. The average molecular weight is 645 g/mol. The monoisotopic (exact) mass is 644 g/mol. The molecule has 0 bridgehead atoms. The van der Waals surface area contributed by atoms with Crippen molar-refractivity contribution in [1.82, 2.24) is 0 Å². The van der Waals surface area contributed by atoms with Crippen LogP contribution in [0, 0.1) is 5.92 Å². The summed E-state index contributed by atoms with van der Waals surface area (Å²) >= 11 is 0. The van der Waals surface area contributed by atoms with Gasteiger partial charge in [-0.2, -0.15) is 0 Å². The van der Waals surface area contributed by atoms with E-state index in [0.717, 1.165) is 32.1 Å². The smallest absolute Gasteiger partial charge is 0.309 e. The van der Waals surface area contributed by atoms with E-state index in [-0.39, 0.29) is 26.2 Å². The van der Waals surface area contributed by atoms with Gasteiger partial charge in [-0.05, 0) is 32.1 Å². The van der Waals surface area contributed by atoms with Crippen LogP contribution >= 0.6 is 0 Å². The van der Waals surface area contributed by atoms with E-state index < -0.39 is 66.9 Å². The Morgan fingerprint density at radius 2 is 1.42 bits per heavy atom. The van der Waals surface area contributed by atoms with Crippen LogP contribution in [0.3, 0.4) is 0 Å². The fourth-order valence-electron chi connectivity index (χ4n) is 5.00. The maximum absolute atomic E-state index is 13.1. The van der Waals surface area contributed by atoms with E-state index in [1.165, 1.54) is 52.4 Å². The van der Waals surface area contributed by atoms with Gasteiger partial charge in [0.1, 0.15) is 31.5 Å². The maximum Gasteiger partial charge on any atom is 0.309 e. The van der Waals surface area contributed by atoms with Crippen molar-refractivity contribution in [3.8, 4) is 0 Å². The highest BCUT2D eigenvalue weighted by Gasteiger charge is 2.42. The fraction of sp³-hybridized carbons (Fsp3) is 0.818. The Morgan fingerprint density at radius 3 is 1.98 bits per heavy atom. The molecule has 0 saturated carbocycles. The number of unbranched alkanes of at least 4 members (excludes halogenated alkanes) is 10. The zero-order chi connectivity index (χ0) is 33.5. The highest BCUT2D eigenvalue weighted by Crippen LogP contribution is 2.23. The van der Waals surface area contributed by atoms with Gasteiger partial charge in [0.15, 0.2) is 12.2 Å². The molecule has 260 valence electrons. The molecule has 12 heteroatoms. The second-order valence-electron chi connectivity index (χ2n) is 11.7. The molecule has 1 rings (SSSR count). The Hall–Kier alpha value is -2.54. The molecule has 2 unspecified atom stereocenters. The summed E-state index contributed by atoms with van der Waals surface area (Å²) in [5.74, 6) is -3.66. The van der Waals surface area contributed by atoms with Crippen molar-refractivity contribution in [2.45, 2.75) is 141 Å². The summed E-state index contributed by atoms with van der Waals surface area (Å²) in [6, 6.07) is 0. The fourth-order valence-corrected chi connectivity index (χ4v) is 5.00. The number of ether oxygens (including phenoxy) is 5. The molecule has 1 saturated heterocycles. The van der Waals surface area contributed by atoms with Crippen molar-refractivity contribution in [3.05, 3.63) is 12.2 Å². The normalized spacial score (nSPS) is 20.0. The lowest BCUT2D eigenvalue weighted by Gasteiger charge is -2.26. The molecule has 1 aliphatic heterocycles. The summed E-state index contributed by atoms with van der Waals surface area (Å²) in [5, 5.41) is 29.7. The van der Waals surface area contributed by atoms with Crippen LogP contribution in [0.2, 0.25) is 0 Å². The van der Waals surface area contributed by atoms with Crippen LogP contribution in [0.5, 0.6) is 0 Å². The van der Waals surface area contributed by atoms with Crippen molar-refractivity contribution >= 4 is 23.9 Å². The van der Waals surface area contributed by atoms with E-state index in [2.05, 4.69) is 19.1 Å². The first kappa shape index (κ1) is 40.5. The number of aliphatic hydroxyl groups excluding tert-OH is 3. The van der Waals surface area contributed by atoms with Crippen LogP contribution in [0.4, 0.5) is 0 Å². The molecule has 1 aliphatic rings. The first-order valence-electron chi connectivity index (χ1n) is 16.5. The average Bonchev–Trinajstić information content (AvgIpc) is 3.33. The quantitative estimate of drug-likeness (QED) is 0.0570. The lowest BCUT2D eigenvalue weighted by Crippen LogP contribution is -2.44. The van der Waals surface area contributed by atoms with Crippen LogP contribution in [0.1, 0.15) is 111 Å². The Morgan fingerprint density at radius 1 is 0.822 bits per heavy atom. The third-order valence-corrected chi connectivity index (χ3v) is 7.55. The summed E-state index contributed by atoms with van der Waals surface area (Å²) < 4.78 is 25.9. The first-order valence-corrected chi connectivity index (χ1v) is 16.5. The predicted octanol–water partition coefficient (Wildman–Crippen LogP) is 3.70. The molecule has 3 N–H and O–H groups in total. The third kappa shape index (κ3) is 18.9. The molecule has 0 aromatic rings. The number of hydrogen-bond acceptors (Lipinski definition) is 12. The van der Waals surface area contributed by atoms with Gasteiger partial charge in [-0.1, -0.05) is 70.4 Å².